The number of nitrogens with zero attached hydrogens (tertiary/aromatic N) is 1. The lowest BCUT2D eigenvalue weighted by atomic mass is 10.2. The Hall–Kier alpha value is -2.54. The highest BCUT2D eigenvalue weighted by Gasteiger charge is 2.32. The molecule has 0 spiro atoms. The van der Waals surface area contributed by atoms with E-state index >= 15 is 0 Å². The lowest BCUT2D eigenvalue weighted by molar-refractivity contribution is 0.0920. The number of carbonyl (C=O) groups excluding carboxylic acids is 2. The number of cyclic esters (lactones) is 1. The molecule has 2 heterocycles. The normalized spacial score (nSPS) is 17.0. The van der Waals surface area contributed by atoms with Crippen molar-refractivity contribution in [3.05, 3.63) is 46.7 Å². The summed E-state index contributed by atoms with van der Waals surface area (Å²) in [5.74, 6) is 0.569. The first-order chi connectivity index (χ1) is 11.2. The molecule has 1 aliphatic heterocycles. The van der Waals surface area contributed by atoms with Crippen molar-refractivity contribution in [3.63, 3.8) is 0 Å². The van der Waals surface area contributed by atoms with Crippen molar-refractivity contribution in [1.29, 1.82) is 0 Å². The second-order valence-corrected chi connectivity index (χ2v) is 5.95. The first kappa shape index (κ1) is 15.4. The van der Waals surface area contributed by atoms with Gasteiger partial charge in [-0.15, -0.1) is 11.3 Å². The van der Waals surface area contributed by atoms with Crippen molar-refractivity contribution in [2.45, 2.75) is 6.10 Å². The predicted molar refractivity (Wildman–Crippen MR) is 87.3 cm³/mol. The first-order valence-electron chi connectivity index (χ1n) is 7.11. The molecule has 1 saturated heterocycles. The van der Waals surface area contributed by atoms with Gasteiger partial charge in [-0.3, -0.25) is 9.69 Å². The van der Waals surface area contributed by atoms with Crippen molar-refractivity contribution in [3.8, 4) is 5.75 Å². The van der Waals surface area contributed by atoms with E-state index in [2.05, 4.69) is 5.32 Å². The molecular formula is C16H16N2O4S. The van der Waals surface area contributed by atoms with Gasteiger partial charge in [0.15, 0.2) is 0 Å². The van der Waals surface area contributed by atoms with Gasteiger partial charge in [-0.05, 0) is 35.7 Å². The molecule has 1 atom stereocenters. The zero-order chi connectivity index (χ0) is 16.2. The van der Waals surface area contributed by atoms with Gasteiger partial charge in [0.25, 0.3) is 5.91 Å². The second kappa shape index (κ2) is 6.70. The van der Waals surface area contributed by atoms with Crippen LogP contribution < -0.4 is 15.0 Å². The molecule has 7 heteroatoms. The van der Waals surface area contributed by atoms with Crippen LogP contribution in [0.3, 0.4) is 0 Å². The molecule has 0 bridgehead atoms. The Kier molecular flexibility index (Phi) is 4.47. The molecular weight excluding hydrogens is 316 g/mol. The van der Waals surface area contributed by atoms with E-state index in [-0.39, 0.29) is 18.6 Å². The maximum absolute atomic E-state index is 12.0. The van der Waals surface area contributed by atoms with E-state index in [9.17, 15) is 9.59 Å². The number of hydrogen-bond donors (Lipinski definition) is 1. The Labute approximate surface area is 137 Å². The molecule has 0 radical (unpaired) electrons. The molecule has 2 aromatic rings. The van der Waals surface area contributed by atoms with Gasteiger partial charge in [0.1, 0.15) is 11.9 Å². The molecule has 120 valence electrons. The average Bonchev–Trinajstić information content (AvgIpc) is 3.22. The van der Waals surface area contributed by atoms with Crippen LogP contribution in [0.4, 0.5) is 10.5 Å². The van der Waals surface area contributed by atoms with E-state index in [4.69, 9.17) is 9.47 Å². The van der Waals surface area contributed by atoms with Gasteiger partial charge in [-0.2, -0.15) is 0 Å². The van der Waals surface area contributed by atoms with Gasteiger partial charge >= 0.3 is 6.09 Å². The van der Waals surface area contributed by atoms with Gasteiger partial charge in [0.2, 0.25) is 0 Å². The largest absolute Gasteiger partial charge is 0.497 e. The monoisotopic (exact) mass is 332 g/mol. The quantitative estimate of drug-likeness (QED) is 0.913. The Bertz CT molecular complexity index is 685. The highest BCUT2D eigenvalue weighted by molar-refractivity contribution is 7.12. The van der Waals surface area contributed by atoms with Crippen molar-refractivity contribution in [1.82, 2.24) is 5.32 Å². The fraction of sp³-hybridized carbons (Fsp3) is 0.250. The summed E-state index contributed by atoms with van der Waals surface area (Å²) in [6, 6.07) is 10.7. The van der Waals surface area contributed by atoms with Gasteiger partial charge in [-0.25, -0.2) is 4.79 Å². The fourth-order valence-electron chi connectivity index (χ4n) is 2.30. The summed E-state index contributed by atoms with van der Waals surface area (Å²) in [4.78, 5) is 26.1. The summed E-state index contributed by atoms with van der Waals surface area (Å²) in [5.41, 5.74) is 0.739. The first-order valence-corrected chi connectivity index (χ1v) is 7.99. The lowest BCUT2D eigenvalue weighted by Gasteiger charge is -2.13. The molecule has 0 unspecified atom stereocenters. The van der Waals surface area contributed by atoms with Crippen molar-refractivity contribution in [2.75, 3.05) is 25.1 Å². The lowest BCUT2D eigenvalue weighted by Crippen LogP contribution is -2.34. The minimum Gasteiger partial charge on any atom is -0.497 e. The van der Waals surface area contributed by atoms with E-state index < -0.39 is 6.09 Å². The van der Waals surface area contributed by atoms with Gasteiger partial charge in [0, 0.05) is 5.69 Å². The predicted octanol–water partition coefficient (Wildman–Crippen LogP) is 2.51. The highest BCUT2D eigenvalue weighted by Crippen LogP contribution is 2.24. The van der Waals surface area contributed by atoms with Crippen LogP contribution >= 0.6 is 11.3 Å². The summed E-state index contributed by atoms with van der Waals surface area (Å²) in [5, 5.41) is 4.63. The molecule has 6 nitrogen and oxygen atoms in total. The molecule has 1 fully saturated rings. The van der Waals surface area contributed by atoms with Gasteiger partial charge in [0.05, 0.1) is 25.1 Å². The van der Waals surface area contributed by atoms with E-state index in [0.29, 0.717) is 11.4 Å². The summed E-state index contributed by atoms with van der Waals surface area (Å²) in [6.45, 7) is 0.686. The topological polar surface area (TPSA) is 67.9 Å². The minimum absolute atomic E-state index is 0.154. The number of carbonyl (C=O) groups is 2. The number of hydrogen-bond acceptors (Lipinski definition) is 5. The van der Waals surface area contributed by atoms with Crippen molar-refractivity contribution < 1.29 is 19.1 Å². The Morgan fingerprint density at radius 3 is 2.83 bits per heavy atom. The van der Waals surface area contributed by atoms with Crippen LogP contribution in [0.5, 0.6) is 5.75 Å². The number of thiophene rings is 1. The van der Waals surface area contributed by atoms with E-state index in [1.165, 1.54) is 11.3 Å². The maximum Gasteiger partial charge on any atom is 0.414 e. The van der Waals surface area contributed by atoms with Crippen LogP contribution in [0.1, 0.15) is 9.67 Å². The maximum atomic E-state index is 12.0. The van der Waals surface area contributed by atoms with Crippen molar-refractivity contribution >= 4 is 29.0 Å². The van der Waals surface area contributed by atoms with Gasteiger partial charge in [-0.1, -0.05) is 6.07 Å². The molecule has 0 aliphatic carbocycles. The average molecular weight is 332 g/mol. The molecule has 0 saturated carbocycles. The minimum atomic E-state index is -0.412. The highest BCUT2D eigenvalue weighted by atomic mass is 32.1. The Morgan fingerprint density at radius 2 is 2.17 bits per heavy atom. The molecule has 2 amide bonds. The van der Waals surface area contributed by atoms with Crippen LogP contribution in [-0.4, -0.2) is 38.3 Å². The molecule has 1 aromatic heterocycles. The third-order valence-corrected chi connectivity index (χ3v) is 4.36. The number of anilines is 1. The van der Waals surface area contributed by atoms with Crippen LogP contribution in [0.25, 0.3) is 0 Å². The van der Waals surface area contributed by atoms with E-state index in [0.717, 1.165) is 11.4 Å². The number of benzene rings is 1. The smallest absolute Gasteiger partial charge is 0.414 e. The van der Waals surface area contributed by atoms with Crippen LogP contribution in [0.2, 0.25) is 0 Å². The Balaban J connectivity index is 1.57. The van der Waals surface area contributed by atoms with Crippen molar-refractivity contribution in [2.24, 2.45) is 0 Å². The summed E-state index contributed by atoms with van der Waals surface area (Å²) in [7, 11) is 1.59. The molecule has 3 rings (SSSR count). The molecule has 1 aliphatic rings. The summed E-state index contributed by atoms with van der Waals surface area (Å²) >= 11 is 1.37. The second-order valence-electron chi connectivity index (χ2n) is 5.00. The van der Waals surface area contributed by atoms with Crippen LogP contribution in [0, 0.1) is 0 Å². The molecule has 23 heavy (non-hydrogen) atoms. The number of ether oxygens (including phenoxy) is 2. The number of rotatable bonds is 5. The number of nitrogens with one attached hydrogen (secondary N) is 1. The number of amides is 2. The number of methoxy groups -OCH3 is 1. The van der Waals surface area contributed by atoms with E-state index in [1.54, 1.807) is 42.3 Å². The van der Waals surface area contributed by atoms with Crippen LogP contribution in [0.15, 0.2) is 41.8 Å². The van der Waals surface area contributed by atoms with Crippen LogP contribution in [-0.2, 0) is 4.74 Å². The SMILES string of the molecule is COc1ccc(N2C[C@H](CNC(=O)c3cccs3)OC2=O)cc1. The third kappa shape index (κ3) is 3.45. The zero-order valence-corrected chi connectivity index (χ0v) is 13.3. The molecule has 1 N–H and O–H groups in total. The fourth-order valence-corrected chi connectivity index (χ4v) is 2.94. The molecule has 1 aromatic carbocycles. The van der Waals surface area contributed by atoms with Gasteiger partial charge < -0.3 is 14.8 Å². The summed E-state index contributed by atoms with van der Waals surface area (Å²) in [6.07, 6.45) is -0.779. The summed E-state index contributed by atoms with van der Waals surface area (Å²) < 4.78 is 10.4. The third-order valence-electron chi connectivity index (χ3n) is 3.49. The Morgan fingerprint density at radius 1 is 1.39 bits per heavy atom. The van der Waals surface area contributed by atoms with E-state index in [1.807, 2.05) is 11.4 Å². The standard InChI is InChI=1S/C16H16N2O4S/c1-21-12-6-4-11(5-7-12)18-10-13(22-16(18)20)9-17-15(19)14-3-2-8-23-14/h2-8,13H,9-10H2,1H3,(H,17,19)/t13-/m0/s1. The zero-order valence-electron chi connectivity index (χ0n) is 12.5.